The van der Waals surface area contributed by atoms with Crippen molar-refractivity contribution in [3.63, 3.8) is 0 Å². The van der Waals surface area contributed by atoms with E-state index in [4.69, 9.17) is 9.84 Å². The standard InChI is InChI=1S/C9H15FN2O4/c10-6-7(14)5(4-13)16-8(6)12-3-1-2-11-9(12)15/h5-8,13-14H,1-4H2,(H,11,15)/t5-,6+,7-,8-/m1/s1. The van der Waals surface area contributed by atoms with Gasteiger partial charge in [0.1, 0.15) is 12.2 Å². The van der Waals surface area contributed by atoms with Crippen LogP contribution in [0.25, 0.3) is 0 Å². The highest BCUT2D eigenvalue weighted by Crippen LogP contribution is 2.27. The van der Waals surface area contributed by atoms with Crippen LogP contribution in [-0.2, 0) is 4.74 Å². The Morgan fingerprint density at radius 1 is 1.62 bits per heavy atom. The van der Waals surface area contributed by atoms with Crippen LogP contribution in [0.1, 0.15) is 6.42 Å². The zero-order chi connectivity index (χ0) is 11.7. The second-order valence-corrected chi connectivity index (χ2v) is 3.96. The Labute approximate surface area is 92.0 Å². The first-order valence-corrected chi connectivity index (χ1v) is 5.28. The fourth-order valence-electron chi connectivity index (χ4n) is 2.00. The zero-order valence-corrected chi connectivity index (χ0v) is 8.67. The molecule has 0 aromatic rings. The summed E-state index contributed by atoms with van der Waals surface area (Å²) in [5, 5.41) is 20.9. The van der Waals surface area contributed by atoms with Gasteiger partial charge in [-0.05, 0) is 6.42 Å². The van der Waals surface area contributed by atoms with E-state index in [0.717, 1.165) is 0 Å². The minimum Gasteiger partial charge on any atom is -0.394 e. The highest BCUT2D eigenvalue weighted by Gasteiger charge is 2.48. The molecule has 0 radical (unpaired) electrons. The van der Waals surface area contributed by atoms with Crippen molar-refractivity contribution in [2.45, 2.75) is 31.0 Å². The number of urea groups is 1. The number of aliphatic hydroxyl groups excluding tert-OH is 2. The number of nitrogens with zero attached hydrogens (tertiary/aromatic N) is 1. The Hall–Kier alpha value is -0.920. The molecule has 0 bridgehead atoms. The van der Waals surface area contributed by atoms with E-state index in [9.17, 15) is 14.3 Å². The molecule has 92 valence electrons. The number of halogens is 1. The molecule has 0 aromatic heterocycles. The van der Waals surface area contributed by atoms with E-state index in [1.54, 1.807) is 0 Å². The van der Waals surface area contributed by atoms with Gasteiger partial charge in [0.25, 0.3) is 0 Å². The largest absolute Gasteiger partial charge is 0.394 e. The van der Waals surface area contributed by atoms with Gasteiger partial charge in [-0.3, -0.25) is 4.90 Å². The van der Waals surface area contributed by atoms with Crippen molar-refractivity contribution in [1.82, 2.24) is 10.2 Å². The normalized spacial score (nSPS) is 39.9. The number of hydrogen-bond donors (Lipinski definition) is 3. The fraction of sp³-hybridized carbons (Fsp3) is 0.889. The van der Waals surface area contributed by atoms with Gasteiger partial charge in [0.05, 0.1) is 6.61 Å². The number of hydrogen-bond acceptors (Lipinski definition) is 4. The molecule has 2 saturated heterocycles. The number of alkyl halides is 1. The predicted molar refractivity (Wildman–Crippen MR) is 51.4 cm³/mol. The molecular formula is C9H15FN2O4. The molecule has 2 aliphatic rings. The van der Waals surface area contributed by atoms with Gasteiger partial charge in [-0.1, -0.05) is 0 Å². The van der Waals surface area contributed by atoms with E-state index in [1.165, 1.54) is 4.90 Å². The SMILES string of the molecule is O=C1NCCCN1[C@@H]1O[C@H](CO)[C@@H](O)[C@@H]1F. The summed E-state index contributed by atoms with van der Waals surface area (Å²) in [6.45, 7) is 0.486. The Balaban J connectivity index is 2.06. The Morgan fingerprint density at radius 3 is 2.94 bits per heavy atom. The molecule has 0 aliphatic carbocycles. The van der Waals surface area contributed by atoms with Gasteiger partial charge in [0.2, 0.25) is 0 Å². The molecule has 7 heteroatoms. The van der Waals surface area contributed by atoms with E-state index in [0.29, 0.717) is 19.5 Å². The van der Waals surface area contributed by atoms with Crippen molar-refractivity contribution in [3.05, 3.63) is 0 Å². The van der Waals surface area contributed by atoms with Crippen LogP contribution in [-0.4, -0.2) is 65.4 Å². The summed E-state index contributed by atoms with van der Waals surface area (Å²) in [6, 6.07) is -0.398. The Bertz CT molecular complexity index is 278. The van der Waals surface area contributed by atoms with Crippen LogP contribution in [0.2, 0.25) is 0 Å². The fourth-order valence-corrected chi connectivity index (χ4v) is 2.00. The van der Waals surface area contributed by atoms with Crippen molar-refractivity contribution in [2.75, 3.05) is 19.7 Å². The van der Waals surface area contributed by atoms with E-state index in [1.807, 2.05) is 0 Å². The molecule has 0 spiro atoms. The lowest BCUT2D eigenvalue weighted by Crippen LogP contribution is -2.54. The van der Waals surface area contributed by atoms with Gasteiger partial charge in [-0.25, -0.2) is 9.18 Å². The summed E-state index contributed by atoms with van der Waals surface area (Å²) < 4.78 is 18.8. The van der Waals surface area contributed by atoms with E-state index < -0.39 is 37.2 Å². The number of carbonyl (C=O) groups is 1. The summed E-state index contributed by atoms with van der Waals surface area (Å²) >= 11 is 0. The first-order chi connectivity index (χ1) is 7.65. The first-order valence-electron chi connectivity index (χ1n) is 5.28. The summed E-state index contributed by atoms with van der Waals surface area (Å²) in [7, 11) is 0. The van der Waals surface area contributed by atoms with Crippen molar-refractivity contribution >= 4 is 6.03 Å². The van der Waals surface area contributed by atoms with Crippen molar-refractivity contribution < 1.29 is 24.1 Å². The zero-order valence-electron chi connectivity index (χ0n) is 8.67. The van der Waals surface area contributed by atoms with E-state index >= 15 is 0 Å². The van der Waals surface area contributed by atoms with Crippen LogP contribution in [0, 0.1) is 0 Å². The van der Waals surface area contributed by atoms with Crippen LogP contribution >= 0.6 is 0 Å². The van der Waals surface area contributed by atoms with Gasteiger partial charge >= 0.3 is 6.03 Å². The third-order valence-electron chi connectivity index (χ3n) is 2.89. The lowest BCUT2D eigenvalue weighted by atomic mass is 10.1. The maximum atomic E-state index is 13.7. The number of rotatable bonds is 2. The molecule has 2 fully saturated rings. The highest BCUT2D eigenvalue weighted by molar-refractivity contribution is 5.75. The molecule has 0 aromatic carbocycles. The number of carbonyl (C=O) groups excluding carboxylic acids is 1. The number of aliphatic hydroxyl groups is 2. The van der Waals surface area contributed by atoms with Crippen molar-refractivity contribution in [1.29, 1.82) is 0 Å². The van der Waals surface area contributed by atoms with Crippen molar-refractivity contribution in [2.24, 2.45) is 0 Å². The number of amides is 2. The molecule has 6 nitrogen and oxygen atoms in total. The monoisotopic (exact) mass is 234 g/mol. The number of nitrogens with one attached hydrogen (secondary N) is 1. The molecular weight excluding hydrogens is 219 g/mol. The van der Waals surface area contributed by atoms with E-state index in [2.05, 4.69) is 5.32 Å². The van der Waals surface area contributed by atoms with Gasteiger partial charge < -0.3 is 20.3 Å². The molecule has 2 aliphatic heterocycles. The highest BCUT2D eigenvalue weighted by atomic mass is 19.1. The van der Waals surface area contributed by atoms with E-state index in [-0.39, 0.29) is 0 Å². The van der Waals surface area contributed by atoms with Gasteiger partial charge in [-0.15, -0.1) is 0 Å². The van der Waals surface area contributed by atoms with Crippen LogP contribution in [0.3, 0.4) is 0 Å². The van der Waals surface area contributed by atoms with Crippen LogP contribution in [0.4, 0.5) is 9.18 Å². The number of ether oxygens (including phenoxy) is 1. The van der Waals surface area contributed by atoms with Crippen LogP contribution < -0.4 is 5.32 Å². The first kappa shape index (κ1) is 11.6. The maximum absolute atomic E-state index is 13.7. The minimum atomic E-state index is -1.68. The molecule has 3 N–H and O–H groups in total. The maximum Gasteiger partial charge on any atom is 0.319 e. The Morgan fingerprint density at radius 2 is 2.38 bits per heavy atom. The molecule has 0 unspecified atom stereocenters. The van der Waals surface area contributed by atoms with Crippen LogP contribution in [0.15, 0.2) is 0 Å². The third kappa shape index (κ3) is 1.85. The predicted octanol–water partition coefficient (Wildman–Crippen LogP) is -1.18. The summed E-state index contributed by atoms with van der Waals surface area (Å²) in [5.41, 5.74) is 0. The quantitative estimate of drug-likeness (QED) is 0.561. The Kier molecular flexibility index (Phi) is 3.27. The van der Waals surface area contributed by atoms with Gasteiger partial charge in [0.15, 0.2) is 12.4 Å². The molecule has 2 amide bonds. The average molecular weight is 234 g/mol. The van der Waals surface area contributed by atoms with Gasteiger partial charge in [-0.2, -0.15) is 0 Å². The lowest BCUT2D eigenvalue weighted by Gasteiger charge is -2.32. The van der Waals surface area contributed by atoms with Crippen molar-refractivity contribution in [3.8, 4) is 0 Å². The third-order valence-corrected chi connectivity index (χ3v) is 2.89. The molecule has 2 rings (SSSR count). The molecule has 0 saturated carbocycles. The summed E-state index contributed by atoms with van der Waals surface area (Å²) in [6.07, 6.45) is -4.43. The van der Waals surface area contributed by atoms with Crippen LogP contribution in [0.5, 0.6) is 0 Å². The summed E-state index contributed by atoms with van der Waals surface area (Å²) in [4.78, 5) is 12.7. The lowest BCUT2D eigenvalue weighted by molar-refractivity contribution is -0.0730. The van der Waals surface area contributed by atoms with Gasteiger partial charge in [0, 0.05) is 13.1 Å². The topological polar surface area (TPSA) is 82.0 Å². The minimum absolute atomic E-state index is 0.391. The average Bonchev–Trinajstić information content (AvgIpc) is 2.57. The smallest absolute Gasteiger partial charge is 0.319 e. The molecule has 2 heterocycles. The summed E-state index contributed by atoms with van der Waals surface area (Å²) in [5.74, 6) is 0. The second kappa shape index (κ2) is 4.52. The molecule has 4 atom stereocenters. The molecule has 16 heavy (non-hydrogen) atoms. The second-order valence-electron chi connectivity index (χ2n) is 3.96.